The van der Waals surface area contributed by atoms with Gasteiger partial charge in [0.2, 0.25) is 0 Å². The van der Waals surface area contributed by atoms with Crippen LogP contribution in [-0.2, 0) is 0 Å². The molecule has 18 heavy (non-hydrogen) atoms. The van der Waals surface area contributed by atoms with Crippen molar-refractivity contribution in [2.45, 2.75) is 32.7 Å². The third-order valence-corrected chi connectivity index (χ3v) is 2.76. The predicted octanol–water partition coefficient (Wildman–Crippen LogP) is 4.05. The standard InChI is InChI=1S/C12H16F3NO.ClH/c1-3-8(2)11(16)9-6-4-5-7-10(9)17-12(13,14)15;/h4-8,11H,3,16H2,1-2H3;1H/t8?,11-;/m0./s1. The zero-order valence-electron chi connectivity index (χ0n) is 10.2. The number of hydrogen-bond acceptors (Lipinski definition) is 2. The molecular formula is C12H17ClF3NO. The minimum atomic E-state index is -4.69. The Kier molecular flexibility index (Phi) is 6.49. The first-order valence-electron chi connectivity index (χ1n) is 5.45. The largest absolute Gasteiger partial charge is 0.573 e. The summed E-state index contributed by atoms with van der Waals surface area (Å²) in [6.45, 7) is 3.84. The summed E-state index contributed by atoms with van der Waals surface area (Å²) in [4.78, 5) is 0. The predicted molar refractivity (Wildman–Crippen MR) is 66.8 cm³/mol. The summed E-state index contributed by atoms with van der Waals surface area (Å²) in [7, 11) is 0. The van der Waals surface area contributed by atoms with Gasteiger partial charge in [-0.15, -0.1) is 25.6 Å². The number of nitrogens with two attached hydrogens (primary N) is 1. The maximum absolute atomic E-state index is 12.2. The topological polar surface area (TPSA) is 35.2 Å². The molecule has 104 valence electrons. The van der Waals surface area contributed by atoms with Gasteiger partial charge in [0, 0.05) is 11.6 Å². The fourth-order valence-corrected chi connectivity index (χ4v) is 1.53. The highest BCUT2D eigenvalue weighted by molar-refractivity contribution is 5.85. The summed E-state index contributed by atoms with van der Waals surface area (Å²) in [6, 6.07) is 5.54. The SMILES string of the molecule is CCC(C)[C@H](N)c1ccccc1OC(F)(F)F.Cl. The molecule has 6 heteroatoms. The van der Waals surface area contributed by atoms with Crippen LogP contribution >= 0.6 is 12.4 Å². The molecule has 1 aromatic rings. The summed E-state index contributed by atoms with van der Waals surface area (Å²) in [5.74, 6) is -0.124. The first kappa shape index (κ1) is 17.1. The van der Waals surface area contributed by atoms with Gasteiger partial charge in [0.05, 0.1) is 0 Å². The van der Waals surface area contributed by atoms with E-state index >= 15 is 0 Å². The van der Waals surface area contributed by atoms with Crippen molar-refractivity contribution in [1.29, 1.82) is 0 Å². The Hall–Kier alpha value is -0.940. The Morgan fingerprint density at radius 1 is 1.28 bits per heavy atom. The quantitative estimate of drug-likeness (QED) is 0.904. The minimum absolute atomic E-state index is 0. The molecule has 2 nitrogen and oxygen atoms in total. The van der Waals surface area contributed by atoms with Gasteiger partial charge in [-0.3, -0.25) is 0 Å². The van der Waals surface area contributed by atoms with Crippen LogP contribution in [0.5, 0.6) is 5.75 Å². The highest BCUT2D eigenvalue weighted by atomic mass is 35.5. The normalized spacial score (nSPS) is 14.6. The Morgan fingerprint density at radius 3 is 2.33 bits per heavy atom. The van der Waals surface area contributed by atoms with Crippen LogP contribution in [0.1, 0.15) is 31.9 Å². The van der Waals surface area contributed by atoms with E-state index in [2.05, 4.69) is 4.74 Å². The van der Waals surface area contributed by atoms with Crippen LogP contribution in [0.25, 0.3) is 0 Å². The summed E-state index contributed by atoms with van der Waals surface area (Å²) in [6.07, 6.45) is -3.90. The van der Waals surface area contributed by atoms with E-state index in [9.17, 15) is 13.2 Å². The maximum atomic E-state index is 12.2. The van der Waals surface area contributed by atoms with Gasteiger partial charge in [0.15, 0.2) is 0 Å². The van der Waals surface area contributed by atoms with E-state index < -0.39 is 12.4 Å². The lowest BCUT2D eigenvalue weighted by Gasteiger charge is -2.22. The molecule has 0 aliphatic rings. The zero-order chi connectivity index (χ0) is 13.1. The number of hydrogen-bond donors (Lipinski definition) is 1. The zero-order valence-corrected chi connectivity index (χ0v) is 11.0. The first-order valence-corrected chi connectivity index (χ1v) is 5.45. The molecule has 1 aromatic carbocycles. The molecule has 0 saturated carbocycles. The van der Waals surface area contributed by atoms with Gasteiger partial charge in [-0.1, -0.05) is 38.5 Å². The lowest BCUT2D eigenvalue weighted by Crippen LogP contribution is -2.23. The van der Waals surface area contributed by atoms with Crippen molar-refractivity contribution in [3.63, 3.8) is 0 Å². The molecule has 1 rings (SSSR count). The fraction of sp³-hybridized carbons (Fsp3) is 0.500. The second kappa shape index (κ2) is 6.85. The van der Waals surface area contributed by atoms with Crippen LogP contribution in [0, 0.1) is 5.92 Å². The third kappa shape index (κ3) is 4.74. The van der Waals surface area contributed by atoms with Crippen LogP contribution in [0.2, 0.25) is 0 Å². The monoisotopic (exact) mass is 283 g/mol. The Labute approximate surface area is 111 Å². The molecule has 2 atom stereocenters. The molecule has 2 N–H and O–H groups in total. The molecular weight excluding hydrogens is 267 g/mol. The van der Waals surface area contributed by atoms with Crippen molar-refractivity contribution >= 4 is 12.4 Å². The van der Waals surface area contributed by atoms with E-state index in [1.165, 1.54) is 12.1 Å². The van der Waals surface area contributed by atoms with E-state index in [-0.39, 0.29) is 24.1 Å². The van der Waals surface area contributed by atoms with Gasteiger partial charge in [-0.05, 0) is 12.0 Å². The second-order valence-corrected chi connectivity index (χ2v) is 4.00. The van der Waals surface area contributed by atoms with Crippen molar-refractivity contribution in [3.05, 3.63) is 29.8 Å². The van der Waals surface area contributed by atoms with Gasteiger partial charge >= 0.3 is 6.36 Å². The lowest BCUT2D eigenvalue weighted by molar-refractivity contribution is -0.275. The Bertz CT molecular complexity index is 371. The summed E-state index contributed by atoms with van der Waals surface area (Å²) in [5, 5.41) is 0. The maximum Gasteiger partial charge on any atom is 0.573 e. The number of rotatable bonds is 4. The van der Waals surface area contributed by atoms with Crippen molar-refractivity contribution in [2.75, 3.05) is 0 Å². The number of para-hydroxylation sites is 1. The van der Waals surface area contributed by atoms with Crippen molar-refractivity contribution in [3.8, 4) is 5.75 Å². The summed E-state index contributed by atoms with van der Waals surface area (Å²) < 4.78 is 40.6. The van der Waals surface area contributed by atoms with Gasteiger partial charge in [-0.2, -0.15) is 0 Å². The molecule has 0 aliphatic heterocycles. The molecule has 0 fully saturated rings. The number of halogens is 4. The Morgan fingerprint density at radius 2 is 1.83 bits per heavy atom. The molecule has 0 heterocycles. The van der Waals surface area contributed by atoms with Crippen molar-refractivity contribution in [2.24, 2.45) is 11.7 Å². The molecule has 1 unspecified atom stereocenters. The average Bonchev–Trinajstić information content (AvgIpc) is 2.25. The Balaban J connectivity index is 0.00000289. The fourth-order valence-electron chi connectivity index (χ4n) is 1.53. The molecule has 0 aliphatic carbocycles. The molecule has 0 aromatic heterocycles. The van der Waals surface area contributed by atoms with Crippen LogP contribution in [0.4, 0.5) is 13.2 Å². The van der Waals surface area contributed by atoms with Crippen molar-refractivity contribution < 1.29 is 17.9 Å². The highest BCUT2D eigenvalue weighted by Crippen LogP contribution is 2.32. The number of alkyl halides is 3. The van der Waals surface area contributed by atoms with E-state index in [0.29, 0.717) is 5.56 Å². The van der Waals surface area contributed by atoms with Gasteiger partial charge in [0.1, 0.15) is 5.75 Å². The van der Waals surface area contributed by atoms with Crippen LogP contribution in [-0.4, -0.2) is 6.36 Å². The second-order valence-electron chi connectivity index (χ2n) is 4.00. The van der Waals surface area contributed by atoms with Crippen LogP contribution in [0.15, 0.2) is 24.3 Å². The van der Waals surface area contributed by atoms with Crippen LogP contribution in [0.3, 0.4) is 0 Å². The minimum Gasteiger partial charge on any atom is -0.405 e. The van der Waals surface area contributed by atoms with Crippen LogP contribution < -0.4 is 10.5 Å². The number of ether oxygens (including phenoxy) is 1. The molecule has 0 bridgehead atoms. The molecule has 0 amide bonds. The smallest absolute Gasteiger partial charge is 0.405 e. The molecule has 0 spiro atoms. The van der Waals surface area contributed by atoms with E-state index in [1.807, 2.05) is 13.8 Å². The van der Waals surface area contributed by atoms with E-state index in [0.717, 1.165) is 6.42 Å². The lowest BCUT2D eigenvalue weighted by atomic mass is 9.93. The highest BCUT2D eigenvalue weighted by Gasteiger charge is 2.32. The molecule has 0 radical (unpaired) electrons. The average molecular weight is 284 g/mol. The number of benzene rings is 1. The third-order valence-electron chi connectivity index (χ3n) is 2.76. The summed E-state index contributed by atoms with van der Waals surface area (Å²) in [5.41, 5.74) is 6.31. The van der Waals surface area contributed by atoms with Gasteiger partial charge < -0.3 is 10.5 Å². The van der Waals surface area contributed by atoms with Gasteiger partial charge in [0.25, 0.3) is 0 Å². The first-order chi connectivity index (χ1) is 7.85. The van der Waals surface area contributed by atoms with Crippen molar-refractivity contribution in [1.82, 2.24) is 0 Å². The van der Waals surface area contributed by atoms with Gasteiger partial charge in [-0.25, -0.2) is 0 Å². The van der Waals surface area contributed by atoms with E-state index in [1.54, 1.807) is 12.1 Å². The summed E-state index contributed by atoms with van der Waals surface area (Å²) >= 11 is 0. The van der Waals surface area contributed by atoms with E-state index in [4.69, 9.17) is 5.73 Å². The molecule has 0 saturated heterocycles.